The third-order valence-electron chi connectivity index (χ3n) is 1.70. The molecule has 0 fully saturated rings. The minimum absolute atomic E-state index is 0.835. The summed E-state index contributed by atoms with van der Waals surface area (Å²) in [5.41, 5.74) is 2.22. The molecule has 0 aromatic carbocycles. The number of hydrogen-bond acceptors (Lipinski definition) is 3. The Hall–Kier alpha value is -0.930. The predicted molar refractivity (Wildman–Crippen MR) is 54.4 cm³/mol. The van der Waals surface area contributed by atoms with Crippen molar-refractivity contribution in [2.45, 2.75) is 13.1 Å². The lowest BCUT2D eigenvalue weighted by atomic mass is 10.3. The third kappa shape index (κ3) is 3.53. The number of pyridine rings is 1. The van der Waals surface area contributed by atoms with Crippen molar-refractivity contribution >= 4 is 0 Å². The Morgan fingerprint density at radius 2 is 2.00 bits per heavy atom. The molecule has 0 bridgehead atoms. The fourth-order valence-corrected chi connectivity index (χ4v) is 1.22. The van der Waals surface area contributed by atoms with Gasteiger partial charge in [-0.3, -0.25) is 4.98 Å². The molecule has 0 saturated carbocycles. The van der Waals surface area contributed by atoms with Gasteiger partial charge in [0.1, 0.15) is 0 Å². The molecule has 1 rings (SSSR count). The van der Waals surface area contributed by atoms with Crippen LogP contribution in [0.25, 0.3) is 0 Å². The second-order valence-corrected chi connectivity index (χ2v) is 3.39. The van der Waals surface area contributed by atoms with Crippen LogP contribution in [0.1, 0.15) is 11.4 Å². The van der Waals surface area contributed by atoms with Gasteiger partial charge in [0, 0.05) is 13.1 Å². The largest absolute Gasteiger partial charge is 0.314 e. The SMILES string of the molecule is CNCc1cccc(CN(C)C)n1. The van der Waals surface area contributed by atoms with Crippen molar-refractivity contribution in [1.82, 2.24) is 15.2 Å². The number of nitrogens with zero attached hydrogens (tertiary/aromatic N) is 2. The summed E-state index contributed by atoms with van der Waals surface area (Å²) in [4.78, 5) is 6.62. The topological polar surface area (TPSA) is 28.2 Å². The highest BCUT2D eigenvalue weighted by molar-refractivity contribution is 5.10. The van der Waals surface area contributed by atoms with Crippen molar-refractivity contribution in [3.63, 3.8) is 0 Å². The van der Waals surface area contributed by atoms with Gasteiger partial charge < -0.3 is 10.2 Å². The van der Waals surface area contributed by atoms with Gasteiger partial charge in [-0.05, 0) is 33.3 Å². The van der Waals surface area contributed by atoms with Gasteiger partial charge in [-0.1, -0.05) is 6.07 Å². The summed E-state index contributed by atoms with van der Waals surface area (Å²) >= 11 is 0. The monoisotopic (exact) mass is 179 g/mol. The lowest BCUT2D eigenvalue weighted by Crippen LogP contribution is -2.13. The highest BCUT2D eigenvalue weighted by Gasteiger charge is 1.97. The lowest BCUT2D eigenvalue weighted by molar-refractivity contribution is 0.396. The summed E-state index contributed by atoms with van der Waals surface area (Å²) in [6.45, 7) is 1.73. The van der Waals surface area contributed by atoms with Gasteiger partial charge in [-0.2, -0.15) is 0 Å². The van der Waals surface area contributed by atoms with Gasteiger partial charge >= 0.3 is 0 Å². The van der Waals surface area contributed by atoms with E-state index in [0.29, 0.717) is 0 Å². The van der Waals surface area contributed by atoms with Crippen LogP contribution in [0.4, 0.5) is 0 Å². The smallest absolute Gasteiger partial charge is 0.0547 e. The molecule has 3 nitrogen and oxygen atoms in total. The van der Waals surface area contributed by atoms with E-state index in [0.717, 1.165) is 24.5 Å². The summed E-state index contributed by atoms with van der Waals surface area (Å²) in [6, 6.07) is 6.15. The molecule has 0 radical (unpaired) electrons. The summed E-state index contributed by atoms with van der Waals surface area (Å²) in [5, 5.41) is 3.09. The molecule has 0 aliphatic carbocycles. The van der Waals surface area contributed by atoms with E-state index in [4.69, 9.17) is 0 Å². The number of rotatable bonds is 4. The molecular formula is C10H17N3. The number of aromatic nitrogens is 1. The van der Waals surface area contributed by atoms with Crippen molar-refractivity contribution < 1.29 is 0 Å². The molecule has 0 saturated heterocycles. The van der Waals surface area contributed by atoms with Gasteiger partial charge in [0.2, 0.25) is 0 Å². The molecule has 1 aromatic heterocycles. The Morgan fingerprint density at radius 1 is 1.31 bits per heavy atom. The van der Waals surface area contributed by atoms with E-state index in [9.17, 15) is 0 Å². The summed E-state index contributed by atoms with van der Waals surface area (Å²) in [7, 11) is 6.03. The summed E-state index contributed by atoms with van der Waals surface area (Å²) in [5.74, 6) is 0. The molecule has 1 N–H and O–H groups in total. The standard InChI is InChI=1S/C10H17N3/c1-11-7-9-5-4-6-10(12-9)8-13(2)3/h4-6,11H,7-8H2,1-3H3. The van der Waals surface area contributed by atoms with E-state index >= 15 is 0 Å². The maximum Gasteiger partial charge on any atom is 0.0547 e. The molecule has 0 aliphatic heterocycles. The zero-order chi connectivity index (χ0) is 9.68. The molecule has 0 amide bonds. The first-order chi connectivity index (χ1) is 6.22. The quantitative estimate of drug-likeness (QED) is 0.743. The Bertz CT molecular complexity index is 258. The van der Waals surface area contributed by atoms with Crippen molar-refractivity contribution in [3.8, 4) is 0 Å². The molecule has 0 spiro atoms. The van der Waals surface area contributed by atoms with Gasteiger partial charge in [-0.25, -0.2) is 0 Å². The summed E-state index contributed by atoms with van der Waals surface area (Å²) in [6.07, 6.45) is 0. The van der Waals surface area contributed by atoms with E-state index in [1.807, 2.05) is 27.2 Å². The van der Waals surface area contributed by atoms with Crippen LogP contribution >= 0.6 is 0 Å². The van der Waals surface area contributed by atoms with Gasteiger partial charge in [0.25, 0.3) is 0 Å². The van der Waals surface area contributed by atoms with E-state index in [1.54, 1.807) is 0 Å². The first-order valence-corrected chi connectivity index (χ1v) is 4.46. The number of hydrogen-bond donors (Lipinski definition) is 1. The van der Waals surface area contributed by atoms with Gasteiger partial charge in [-0.15, -0.1) is 0 Å². The predicted octanol–water partition coefficient (Wildman–Crippen LogP) is 0.863. The van der Waals surface area contributed by atoms with Crippen LogP contribution < -0.4 is 5.32 Å². The van der Waals surface area contributed by atoms with Crippen molar-refractivity contribution in [2.24, 2.45) is 0 Å². The molecule has 0 atom stereocenters. The molecule has 0 unspecified atom stereocenters. The van der Waals surface area contributed by atoms with Crippen LogP contribution in [0, 0.1) is 0 Å². The molecular weight excluding hydrogens is 162 g/mol. The molecule has 72 valence electrons. The highest BCUT2D eigenvalue weighted by atomic mass is 15.1. The van der Waals surface area contributed by atoms with E-state index in [2.05, 4.69) is 27.3 Å². The normalized spacial score (nSPS) is 10.8. The second kappa shape index (κ2) is 4.94. The van der Waals surface area contributed by atoms with Gasteiger partial charge in [0.15, 0.2) is 0 Å². The maximum atomic E-state index is 4.50. The molecule has 1 heterocycles. The fourth-order valence-electron chi connectivity index (χ4n) is 1.22. The Kier molecular flexibility index (Phi) is 3.86. The highest BCUT2D eigenvalue weighted by Crippen LogP contribution is 2.01. The average molecular weight is 179 g/mol. The van der Waals surface area contributed by atoms with E-state index < -0.39 is 0 Å². The minimum Gasteiger partial charge on any atom is -0.314 e. The zero-order valence-corrected chi connectivity index (χ0v) is 8.54. The molecule has 1 aromatic rings. The van der Waals surface area contributed by atoms with Crippen LogP contribution in [0.3, 0.4) is 0 Å². The molecule has 13 heavy (non-hydrogen) atoms. The van der Waals surface area contributed by atoms with E-state index in [1.165, 1.54) is 0 Å². The van der Waals surface area contributed by atoms with Crippen LogP contribution in [-0.4, -0.2) is 31.0 Å². The fraction of sp³-hybridized carbons (Fsp3) is 0.500. The second-order valence-electron chi connectivity index (χ2n) is 3.39. The molecule has 0 aliphatic rings. The average Bonchev–Trinajstić information content (AvgIpc) is 2.04. The van der Waals surface area contributed by atoms with Crippen LogP contribution in [0.5, 0.6) is 0 Å². The van der Waals surface area contributed by atoms with Crippen LogP contribution in [0.2, 0.25) is 0 Å². The first kappa shape index (κ1) is 10.2. The molecule has 3 heteroatoms. The van der Waals surface area contributed by atoms with E-state index in [-0.39, 0.29) is 0 Å². The van der Waals surface area contributed by atoms with Crippen molar-refractivity contribution in [1.29, 1.82) is 0 Å². The maximum absolute atomic E-state index is 4.50. The van der Waals surface area contributed by atoms with Crippen molar-refractivity contribution in [3.05, 3.63) is 29.6 Å². The van der Waals surface area contributed by atoms with Gasteiger partial charge in [0.05, 0.1) is 11.4 Å². The zero-order valence-electron chi connectivity index (χ0n) is 8.54. The lowest BCUT2D eigenvalue weighted by Gasteiger charge is -2.09. The number of nitrogens with one attached hydrogen (secondary N) is 1. The Balaban J connectivity index is 2.67. The van der Waals surface area contributed by atoms with Crippen molar-refractivity contribution in [2.75, 3.05) is 21.1 Å². The Labute approximate surface area is 79.8 Å². The van der Waals surface area contributed by atoms with Crippen LogP contribution in [-0.2, 0) is 13.1 Å². The van der Waals surface area contributed by atoms with Crippen LogP contribution in [0.15, 0.2) is 18.2 Å². The first-order valence-electron chi connectivity index (χ1n) is 4.46. The minimum atomic E-state index is 0.835. The Morgan fingerprint density at radius 3 is 2.62 bits per heavy atom. The summed E-state index contributed by atoms with van der Waals surface area (Å²) < 4.78 is 0. The third-order valence-corrected chi connectivity index (χ3v) is 1.70.